The summed E-state index contributed by atoms with van der Waals surface area (Å²) in [5.74, 6) is -0.187. The molecule has 0 atom stereocenters. The molecule has 2 N–H and O–H groups in total. The number of aliphatic hydroxyl groups is 2. The van der Waals surface area contributed by atoms with E-state index in [9.17, 15) is 4.79 Å². The molecule has 0 amide bonds. The number of ketones is 1. The standard InChI is InChI=1S/C6H12O3.2CH4/c1-5(9)6(2,3-7)4-8;;/h7-8H,3-4H2,1-2H3;2*1H4. The fourth-order valence-corrected chi connectivity index (χ4v) is 0.273. The zero-order valence-electron chi connectivity index (χ0n) is 5.72. The van der Waals surface area contributed by atoms with Crippen molar-refractivity contribution >= 4 is 5.78 Å². The number of carbonyl (C=O) groups excluding carboxylic acids is 1. The van der Waals surface area contributed by atoms with Crippen molar-refractivity contribution in [3.05, 3.63) is 0 Å². The molecule has 70 valence electrons. The third-order valence-electron chi connectivity index (χ3n) is 1.55. The van der Waals surface area contributed by atoms with Gasteiger partial charge in [0, 0.05) is 0 Å². The van der Waals surface area contributed by atoms with E-state index in [1.807, 2.05) is 0 Å². The smallest absolute Gasteiger partial charge is 0.140 e. The maximum atomic E-state index is 10.6. The Balaban J connectivity index is -0.000000320. The lowest BCUT2D eigenvalue weighted by atomic mass is 9.89. The lowest BCUT2D eigenvalue weighted by Crippen LogP contribution is -2.33. The predicted octanol–water partition coefficient (Wildman–Crippen LogP) is 0.839. The Kier molecular flexibility index (Phi) is 9.70. The first-order valence-electron chi connectivity index (χ1n) is 2.79. The molecule has 0 radical (unpaired) electrons. The van der Waals surface area contributed by atoms with Crippen LogP contribution in [-0.4, -0.2) is 29.2 Å². The monoisotopic (exact) mass is 164 g/mol. The van der Waals surface area contributed by atoms with Gasteiger partial charge in [0.2, 0.25) is 0 Å². The molecule has 0 unspecified atom stereocenters. The molecule has 0 aliphatic heterocycles. The molecule has 0 heterocycles. The minimum Gasteiger partial charge on any atom is -0.395 e. The molecule has 0 aromatic heterocycles. The van der Waals surface area contributed by atoms with Crippen LogP contribution < -0.4 is 0 Å². The maximum Gasteiger partial charge on any atom is 0.140 e. The zero-order valence-corrected chi connectivity index (χ0v) is 5.72. The van der Waals surface area contributed by atoms with Crippen molar-refractivity contribution in [2.24, 2.45) is 5.41 Å². The van der Waals surface area contributed by atoms with Crippen LogP contribution in [-0.2, 0) is 4.79 Å². The van der Waals surface area contributed by atoms with E-state index >= 15 is 0 Å². The van der Waals surface area contributed by atoms with Crippen LogP contribution in [0.5, 0.6) is 0 Å². The molecule has 0 saturated heterocycles. The minimum absolute atomic E-state index is 0. The predicted molar refractivity (Wildman–Crippen MR) is 46.4 cm³/mol. The molecule has 3 nitrogen and oxygen atoms in total. The summed E-state index contributed by atoms with van der Waals surface area (Å²) in [7, 11) is 0. The molecule has 0 spiro atoms. The summed E-state index contributed by atoms with van der Waals surface area (Å²) in [4.78, 5) is 10.6. The van der Waals surface area contributed by atoms with Gasteiger partial charge in [0.05, 0.1) is 18.6 Å². The molecule has 0 aliphatic carbocycles. The van der Waals surface area contributed by atoms with Crippen LogP contribution in [0.3, 0.4) is 0 Å². The third-order valence-corrected chi connectivity index (χ3v) is 1.55. The van der Waals surface area contributed by atoms with Crippen molar-refractivity contribution in [2.75, 3.05) is 13.2 Å². The zero-order chi connectivity index (χ0) is 7.49. The Morgan fingerprint density at radius 2 is 1.55 bits per heavy atom. The highest BCUT2D eigenvalue weighted by Crippen LogP contribution is 2.14. The van der Waals surface area contributed by atoms with E-state index < -0.39 is 5.41 Å². The van der Waals surface area contributed by atoms with E-state index in [1.165, 1.54) is 13.8 Å². The molecular weight excluding hydrogens is 144 g/mol. The van der Waals surface area contributed by atoms with Gasteiger partial charge in [0.1, 0.15) is 5.78 Å². The van der Waals surface area contributed by atoms with Gasteiger partial charge in [-0.15, -0.1) is 0 Å². The van der Waals surface area contributed by atoms with Gasteiger partial charge >= 0.3 is 0 Å². The highest BCUT2D eigenvalue weighted by atomic mass is 16.3. The molecular formula is C8H20O3. The van der Waals surface area contributed by atoms with Gasteiger partial charge in [-0.25, -0.2) is 0 Å². The summed E-state index contributed by atoms with van der Waals surface area (Å²) in [6.45, 7) is 2.29. The van der Waals surface area contributed by atoms with Crippen molar-refractivity contribution in [2.45, 2.75) is 28.7 Å². The fraction of sp³-hybridized carbons (Fsp3) is 0.875. The molecule has 0 aliphatic rings. The second-order valence-electron chi connectivity index (χ2n) is 2.43. The van der Waals surface area contributed by atoms with Crippen molar-refractivity contribution in [3.8, 4) is 0 Å². The Labute approximate surface area is 69.1 Å². The number of carbonyl (C=O) groups is 1. The van der Waals surface area contributed by atoms with Gasteiger partial charge in [-0.1, -0.05) is 14.9 Å². The van der Waals surface area contributed by atoms with E-state index in [1.54, 1.807) is 0 Å². The van der Waals surface area contributed by atoms with E-state index in [-0.39, 0.29) is 33.9 Å². The second kappa shape index (κ2) is 6.31. The third kappa shape index (κ3) is 4.11. The van der Waals surface area contributed by atoms with Gasteiger partial charge in [-0.05, 0) is 13.8 Å². The van der Waals surface area contributed by atoms with Crippen LogP contribution in [0.25, 0.3) is 0 Å². The van der Waals surface area contributed by atoms with E-state index in [4.69, 9.17) is 10.2 Å². The fourth-order valence-electron chi connectivity index (χ4n) is 0.273. The van der Waals surface area contributed by atoms with Crippen molar-refractivity contribution in [1.29, 1.82) is 0 Å². The van der Waals surface area contributed by atoms with Crippen LogP contribution in [0.15, 0.2) is 0 Å². The van der Waals surface area contributed by atoms with Crippen LogP contribution in [0.1, 0.15) is 28.7 Å². The summed E-state index contributed by atoms with van der Waals surface area (Å²) in [6, 6.07) is 0. The van der Waals surface area contributed by atoms with Gasteiger partial charge in [0.25, 0.3) is 0 Å². The topological polar surface area (TPSA) is 57.5 Å². The SMILES string of the molecule is C.C.CC(=O)C(C)(CO)CO. The number of hydrogen-bond acceptors (Lipinski definition) is 3. The Bertz CT molecular complexity index is 106. The van der Waals surface area contributed by atoms with Crippen LogP contribution >= 0.6 is 0 Å². The molecule has 3 heteroatoms. The van der Waals surface area contributed by atoms with E-state index in [2.05, 4.69) is 0 Å². The molecule has 0 aromatic carbocycles. The average molecular weight is 164 g/mol. The van der Waals surface area contributed by atoms with E-state index in [0.29, 0.717) is 0 Å². The molecule has 0 fully saturated rings. The van der Waals surface area contributed by atoms with Crippen LogP contribution in [0.2, 0.25) is 0 Å². The Morgan fingerprint density at radius 1 is 1.27 bits per heavy atom. The molecule has 0 rings (SSSR count). The first-order valence-corrected chi connectivity index (χ1v) is 2.79. The van der Waals surface area contributed by atoms with Crippen LogP contribution in [0.4, 0.5) is 0 Å². The van der Waals surface area contributed by atoms with Gasteiger partial charge < -0.3 is 10.2 Å². The lowest BCUT2D eigenvalue weighted by Gasteiger charge is -2.19. The first-order chi connectivity index (χ1) is 4.06. The average Bonchev–Trinajstić information content (AvgIpc) is 1.86. The number of hydrogen-bond donors (Lipinski definition) is 2. The number of rotatable bonds is 3. The molecule has 0 bridgehead atoms. The van der Waals surface area contributed by atoms with Crippen molar-refractivity contribution in [1.82, 2.24) is 0 Å². The summed E-state index contributed by atoms with van der Waals surface area (Å²) in [5.41, 5.74) is -0.944. The number of Topliss-reactive ketones (excluding diaryl/α,β-unsaturated/α-hetero) is 1. The highest BCUT2D eigenvalue weighted by molar-refractivity contribution is 5.82. The minimum atomic E-state index is -0.944. The Hall–Kier alpha value is -0.410. The number of aliphatic hydroxyl groups excluding tert-OH is 2. The quantitative estimate of drug-likeness (QED) is 0.649. The first kappa shape index (κ1) is 16.9. The highest BCUT2D eigenvalue weighted by Gasteiger charge is 2.27. The van der Waals surface area contributed by atoms with Gasteiger partial charge in [-0.2, -0.15) is 0 Å². The van der Waals surface area contributed by atoms with Gasteiger partial charge in [0.15, 0.2) is 0 Å². The molecule has 0 saturated carbocycles. The molecule has 0 aromatic rings. The van der Waals surface area contributed by atoms with Gasteiger partial charge in [-0.3, -0.25) is 4.79 Å². The summed E-state index contributed by atoms with van der Waals surface area (Å²) in [5, 5.41) is 17.1. The maximum absolute atomic E-state index is 10.6. The van der Waals surface area contributed by atoms with E-state index in [0.717, 1.165) is 0 Å². The summed E-state index contributed by atoms with van der Waals surface area (Å²) in [6.07, 6.45) is 0. The second-order valence-corrected chi connectivity index (χ2v) is 2.43. The van der Waals surface area contributed by atoms with Crippen LogP contribution in [0, 0.1) is 5.41 Å². The molecule has 11 heavy (non-hydrogen) atoms. The van der Waals surface area contributed by atoms with Crippen molar-refractivity contribution < 1.29 is 15.0 Å². The normalized spacial score (nSPS) is 9.45. The largest absolute Gasteiger partial charge is 0.395 e. The van der Waals surface area contributed by atoms with Crippen molar-refractivity contribution in [3.63, 3.8) is 0 Å². The lowest BCUT2D eigenvalue weighted by molar-refractivity contribution is -0.130. The Morgan fingerprint density at radius 3 is 1.55 bits per heavy atom. The summed E-state index contributed by atoms with van der Waals surface area (Å²) < 4.78 is 0. The summed E-state index contributed by atoms with van der Waals surface area (Å²) >= 11 is 0.